The Morgan fingerprint density at radius 1 is 0.913 bits per heavy atom. The number of hydrogen-bond donors (Lipinski definition) is 0. The van der Waals surface area contributed by atoms with E-state index in [2.05, 4.69) is 6.07 Å². The molecule has 3 aromatic carbocycles. The first-order valence-electron chi connectivity index (χ1n) is 7.23. The fraction of sp³-hybridized carbons (Fsp3) is 0.0500. The highest BCUT2D eigenvalue weighted by molar-refractivity contribution is 6.33. The standard InChI is InChI=1S/C20H14ClNO/c21-20-10-9-16(13-22)11-19(20)17-7-4-8-18(12-17)23-14-15-5-2-1-3-6-15/h1-12H,14H2. The van der Waals surface area contributed by atoms with Crippen LogP contribution in [-0.2, 0) is 6.61 Å². The Bertz CT molecular complexity index is 853. The second kappa shape index (κ2) is 7.00. The van der Waals surface area contributed by atoms with Gasteiger partial charge in [-0.05, 0) is 41.5 Å². The van der Waals surface area contributed by atoms with Crippen molar-refractivity contribution >= 4 is 11.6 Å². The Labute approximate surface area is 140 Å². The van der Waals surface area contributed by atoms with Crippen molar-refractivity contribution in [2.24, 2.45) is 0 Å². The molecule has 3 rings (SSSR count). The van der Waals surface area contributed by atoms with Crippen molar-refractivity contribution in [3.8, 4) is 22.9 Å². The summed E-state index contributed by atoms with van der Waals surface area (Å²) < 4.78 is 5.84. The smallest absolute Gasteiger partial charge is 0.120 e. The van der Waals surface area contributed by atoms with Gasteiger partial charge in [0.1, 0.15) is 12.4 Å². The molecular formula is C20H14ClNO. The minimum Gasteiger partial charge on any atom is -0.489 e. The first-order valence-corrected chi connectivity index (χ1v) is 7.61. The van der Waals surface area contributed by atoms with Gasteiger partial charge in [0.05, 0.1) is 11.6 Å². The molecule has 0 saturated heterocycles. The van der Waals surface area contributed by atoms with Crippen LogP contribution in [0.2, 0.25) is 5.02 Å². The summed E-state index contributed by atoms with van der Waals surface area (Å²) in [5.74, 6) is 0.768. The van der Waals surface area contributed by atoms with Crippen LogP contribution in [0.4, 0.5) is 0 Å². The lowest BCUT2D eigenvalue weighted by Gasteiger charge is -2.10. The summed E-state index contributed by atoms with van der Waals surface area (Å²) in [5.41, 5.74) is 3.45. The summed E-state index contributed by atoms with van der Waals surface area (Å²) in [6.07, 6.45) is 0. The van der Waals surface area contributed by atoms with Gasteiger partial charge in [0.15, 0.2) is 0 Å². The molecule has 0 spiro atoms. The molecule has 3 aromatic rings. The molecule has 2 nitrogen and oxygen atoms in total. The van der Waals surface area contributed by atoms with Gasteiger partial charge in [-0.1, -0.05) is 54.1 Å². The molecule has 0 aliphatic rings. The van der Waals surface area contributed by atoms with Crippen molar-refractivity contribution in [3.05, 3.63) is 88.9 Å². The molecule has 0 bridgehead atoms. The van der Waals surface area contributed by atoms with Crippen LogP contribution in [0.3, 0.4) is 0 Å². The molecule has 0 heterocycles. The van der Waals surface area contributed by atoms with Gasteiger partial charge >= 0.3 is 0 Å². The van der Waals surface area contributed by atoms with E-state index < -0.39 is 0 Å². The maximum atomic E-state index is 9.05. The minimum absolute atomic E-state index is 0.510. The lowest BCUT2D eigenvalue weighted by molar-refractivity contribution is 0.306. The van der Waals surface area contributed by atoms with Crippen LogP contribution in [0.5, 0.6) is 5.75 Å². The molecule has 0 radical (unpaired) electrons. The molecule has 0 atom stereocenters. The van der Waals surface area contributed by atoms with Gasteiger partial charge in [-0.25, -0.2) is 0 Å². The monoisotopic (exact) mass is 319 g/mol. The average Bonchev–Trinajstić information content (AvgIpc) is 2.61. The highest BCUT2D eigenvalue weighted by atomic mass is 35.5. The second-order valence-electron chi connectivity index (χ2n) is 5.11. The molecular weight excluding hydrogens is 306 g/mol. The maximum Gasteiger partial charge on any atom is 0.120 e. The van der Waals surface area contributed by atoms with E-state index in [9.17, 15) is 0 Å². The molecule has 23 heavy (non-hydrogen) atoms. The zero-order chi connectivity index (χ0) is 16.1. The Hall–Kier alpha value is -2.76. The number of nitrogens with zero attached hydrogens (tertiary/aromatic N) is 1. The molecule has 0 aliphatic carbocycles. The Morgan fingerprint density at radius 3 is 2.52 bits per heavy atom. The molecule has 0 aromatic heterocycles. The number of halogens is 1. The van der Waals surface area contributed by atoms with Crippen molar-refractivity contribution in [1.82, 2.24) is 0 Å². The average molecular weight is 320 g/mol. The molecule has 0 amide bonds. The number of ether oxygens (including phenoxy) is 1. The van der Waals surface area contributed by atoms with Crippen LogP contribution >= 0.6 is 11.6 Å². The summed E-state index contributed by atoms with van der Waals surface area (Å²) in [6.45, 7) is 0.510. The molecule has 0 unspecified atom stereocenters. The Balaban J connectivity index is 1.84. The van der Waals surface area contributed by atoms with E-state index in [0.29, 0.717) is 17.2 Å². The third-order valence-electron chi connectivity index (χ3n) is 3.49. The van der Waals surface area contributed by atoms with Gasteiger partial charge in [0, 0.05) is 10.6 Å². The Morgan fingerprint density at radius 2 is 1.74 bits per heavy atom. The quantitative estimate of drug-likeness (QED) is 0.640. The summed E-state index contributed by atoms with van der Waals surface area (Å²) in [6, 6.07) is 25.1. The van der Waals surface area contributed by atoms with E-state index in [0.717, 1.165) is 22.4 Å². The molecule has 112 valence electrons. The van der Waals surface area contributed by atoms with Crippen molar-refractivity contribution in [2.75, 3.05) is 0 Å². The lowest BCUT2D eigenvalue weighted by atomic mass is 10.0. The molecule has 3 heteroatoms. The number of nitriles is 1. The van der Waals surface area contributed by atoms with E-state index in [1.54, 1.807) is 18.2 Å². The van der Waals surface area contributed by atoms with E-state index >= 15 is 0 Å². The first-order chi connectivity index (χ1) is 11.3. The molecule has 0 N–H and O–H groups in total. The van der Waals surface area contributed by atoms with Crippen LogP contribution in [0, 0.1) is 11.3 Å². The SMILES string of the molecule is N#Cc1ccc(Cl)c(-c2cccc(OCc3ccccc3)c2)c1. The molecule has 0 aliphatic heterocycles. The van der Waals surface area contributed by atoms with Gasteiger partial charge < -0.3 is 4.74 Å². The second-order valence-corrected chi connectivity index (χ2v) is 5.52. The van der Waals surface area contributed by atoms with Gasteiger partial charge in [0.25, 0.3) is 0 Å². The van der Waals surface area contributed by atoms with Gasteiger partial charge in [-0.2, -0.15) is 5.26 Å². The van der Waals surface area contributed by atoms with E-state index in [1.807, 2.05) is 54.6 Å². The van der Waals surface area contributed by atoms with Gasteiger partial charge in [-0.15, -0.1) is 0 Å². The van der Waals surface area contributed by atoms with Crippen LogP contribution < -0.4 is 4.74 Å². The summed E-state index contributed by atoms with van der Waals surface area (Å²) in [5, 5.41) is 9.66. The summed E-state index contributed by atoms with van der Waals surface area (Å²) in [7, 11) is 0. The van der Waals surface area contributed by atoms with Crippen molar-refractivity contribution in [2.45, 2.75) is 6.61 Å². The predicted octanol–water partition coefficient (Wildman–Crippen LogP) is 5.46. The largest absolute Gasteiger partial charge is 0.489 e. The predicted molar refractivity (Wildman–Crippen MR) is 92.4 cm³/mol. The van der Waals surface area contributed by atoms with E-state index in [-0.39, 0.29) is 0 Å². The van der Waals surface area contributed by atoms with Crippen LogP contribution in [0.1, 0.15) is 11.1 Å². The lowest BCUT2D eigenvalue weighted by Crippen LogP contribution is -1.95. The fourth-order valence-electron chi connectivity index (χ4n) is 2.31. The van der Waals surface area contributed by atoms with Crippen LogP contribution in [-0.4, -0.2) is 0 Å². The van der Waals surface area contributed by atoms with Gasteiger partial charge in [0.2, 0.25) is 0 Å². The topological polar surface area (TPSA) is 33.0 Å². The maximum absolute atomic E-state index is 9.05. The number of hydrogen-bond acceptors (Lipinski definition) is 2. The van der Waals surface area contributed by atoms with Crippen molar-refractivity contribution in [3.63, 3.8) is 0 Å². The molecule has 0 fully saturated rings. The number of rotatable bonds is 4. The Kier molecular flexibility index (Phi) is 4.61. The van der Waals surface area contributed by atoms with Crippen molar-refractivity contribution in [1.29, 1.82) is 5.26 Å². The zero-order valence-corrected chi connectivity index (χ0v) is 13.1. The minimum atomic E-state index is 0.510. The van der Waals surface area contributed by atoms with E-state index in [1.165, 1.54) is 0 Å². The third-order valence-corrected chi connectivity index (χ3v) is 3.82. The highest BCUT2D eigenvalue weighted by Crippen LogP contribution is 2.31. The summed E-state index contributed by atoms with van der Waals surface area (Å²) >= 11 is 6.26. The molecule has 0 saturated carbocycles. The van der Waals surface area contributed by atoms with Crippen molar-refractivity contribution < 1.29 is 4.74 Å². The van der Waals surface area contributed by atoms with Crippen LogP contribution in [0.25, 0.3) is 11.1 Å². The fourth-order valence-corrected chi connectivity index (χ4v) is 2.54. The van der Waals surface area contributed by atoms with Gasteiger partial charge in [-0.3, -0.25) is 0 Å². The summed E-state index contributed by atoms with van der Waals surface area (Å²) in [4.78, 5) is 0. The zero-order valence-electron chi connectivity index (χ0n) is 12.4. The first kappa shape index (κ1) is 15.1. The normalized spacial score (nSPS) is 10.1. The highest BCUT2D eigenvalue weighted by Gasteiger charge is 2.06. The third kappa shape index (κ3) is 3.71. The van der Waals surface area contributed by atoms with Crippen LogP contribution in [0.15, 0.2) is 72.8 Å². The number of benzene rings is 3. The van der Waals surface area contributed by atoms with E-state index in [4.69, 9.17) is 21.6 Å².